The minimum Gasteiger partial charge on any atom is -0.367 e. The van der Waals surface area contributed by atoms with Crippen molar-refractivity contribution < 1.29 is 12.8 Å². The number of piperazine rings is 1. The van der Waals surface area contributed by atoms with E-state index in [1.54, 1.807) is 10.4 Å². The molecule has 0 aromatic heterocycles. The fraction of sp³-hybridized carbons (Fsp3) is 0.455. The third-order valence-corrected chi connectivity index (χ3v) is 8.37. The van der Waals surface area contributed by atoms with E-state index < -0.39 is 15.3 Å². The summed E-state index contributed by atoms with van der Waals surface area (Å²) >= 11 is 0. The molecule has 5 nitrogen and oxygen atoms in total. The molecular formula is C22H28FN3O2S. The zero-order valence-corrected chi connectivity index (χ0v) is 17.5. The van der Waals surface area contributed by atoms with Crippen molar-refractivity contribution in [2.75, 3.05) is 31.1 Å². The molecule has 1 N–H and O–H groups in total. The Morgan fingerprint density at radius 3 is 2.48 bits per heavy atom. The summed E-state index contributed by atoms with van der Waals surface area (Å²) in [6.07, 6.45) is 1.40. The maximum Gasteiger partial charge on any atom is 0.221 e. The first-order chi connectivity index (χ1) is 14.0. The highest BCUT2D eigenvalue weighted by Crippen LogP contribution is 2.38. The summed E-state index contributed by atoms with van der Waals surface area (Å²) in [5, 5.41) is 2.73. The van der Waals surface area contributed by atoms with Gasteiger partial charge in [0.2, 0.25) is 10.0 Å². The van der Waals surface area contributed by atoms with Crippen LogP contribution in [-0.2, 0) is 16.6 Å². The van der Waals surface area contributed by atoms with Crippen molar-refractivity contribution in [2.45, 2.75) is 37.6 Å². The van der Waals surface area contributed by atoms with Gasteiger partial charge in [-0.05, 0) is 43.0 Å². The van der Waals surface area contributed by atoms with Gasteiger partial charge < -0.3 is 10.2 Å². The molecule has 1 unspecified atom stereocenters. The lowest BCUT2D eigenvalue weighted by Gasteiger charge is -2.37. The second-order valence-corrected chi connectivity index (χ2v) is 10.0. The topological polar surface area (TPSA) is 52.7 Å². The van der Waals surface area contributed by atoms with E-state index in [0.29, 0.717) is 17.7 Å². The van der Waals surface area contributed by atoms with Gasteiger partial charge in [-0.2, -0.15) is 4.31 Å². The zero-order valence-electron chi connectivity index (χ0n) is 16.7. The SMILES string of the molecule is C[C@H]1CCC(c2ccccc2)S(=O)(=O)N1Cc1ccc(N2CCNCC2)c(F)c1. The van der Waals surface area contributed by atoms with Crippen molar-refractivity contribution >= 4 is 15.7 Å². The van der Waals surface area contributed by atoms with Gasteiger partial charge in [0, 0.05) is 38.8 Å². The predicted octanol–water partition coefficient (Wildman–Crippen LogP) is 3.29. The number of hydrogen-bond acceptors (Lipinski definition) is 4. The molecule has 2 aliphatic heterocycles. The molecule has 2 fully saturated rings. The summed E-state index contributed by atoms with van der Waals surface area (Å²) in [5.41, 5.74) is 2.10. The molecule has 0 radical (unpaired) electrons. The number of nitrogens with zero attached hydrogens (tertiary/aromatic N) is 2. The van der Waals surface area contributed by atoms with Gasteiger partial charge in [-0.1, -0.05) is 36.4 Å². The van der Waals surface area contributed by atoms with Gasteiger partial charge in [0.05, 0.1) is 5.69 Å². The Kier molecular flexibility index (Phi) is 5.90. The maximum absolute atomic E-state index is 14.8. The van der Waals surface area contributed by atoms with Crippen molar-refractivity contribution in [3.05, 3.63) is 65.5 Å². The first kappa shape index (κ1) is 20.3. The Labute approximate surface area is 172 Å². The largest absolute Gasteiger partial charge is 0.367 e. The van der Waals surface area contributed by atoms with Crippen LogP contribution in [0.15, 0.2) is 48.5 Å². The predicted molar refractivity (Wildman–Crippen MR) is 114 cm³/mol. The number of rotatable bonds is 4. The second-order valence-electron chi connectivity index (χ2n) is 7.94. The Morgan fingerprint density at radius 1 is 1.07 bits per heavy atom. The third kappa shape index (κ3) is 4.17. The number of halogens is 1. The van der Waals surface area contributed by atoms with Crippen LogP contribution in [0.1, 0.15) is 36.1 Å². The minimum absolute atomic E-state index is 0.101. The summed E-state index contributed by atoms with van der Waals surface area (Å²) in [6, 6.07) is 14.4. The molecule has 4 rings (SSSR count). The Bertz CT molecular complexity index is 946. The summed E-state index contributed by atoms with van der Waals surface area (Å²) < 4.78 is 43.0. The number of hydrogen-bond donors (Lipinski definition) is 1. The molecule has 2 aromatic rings. The lowest BCUT2D eigenvalue weighted by molar-refractivity contribution is 0.281. The first-order valence-corrected chi connectivity index (χ1v) is 11.8. The number of benzene rings is 2. The molecule has 2 saturated heterocycles. The van der Waals surface area contributed by atoms with Gasteiger partial charge in [-0.3, -0.25) is 0 Å². The maximum atomic E-state index is 14.8. The van der Waals surface area contributed by atoms with Crippen LogP contribution in [0.2, 0.25) is 0 Å². The zero-order chi connectivity index (χ0) is 20.4. The normalized spacial score (nSPS) is 25.1. The van der Waals surface area contributed by atoms with Crippen LogP contribution in [0.5, 0.6) is 0 Å². The molecule has 0 aliphatic carbocycles. The average Bonchev–Trinajstić information content (AvgIpc) is 2.72. The fourth-order valence-electron chi connectivity index (χ4n) is 4.34. The van der Waals surface area contributed by atoms with Crippen LogP contribution in [0.4, 0.5) is 10.1 Å². The quantitative estimate of drug-likeness (QED) is 0.830. The van der Waals surface area contributed by atoms with Crippen molar-refractivity contribution in [3.63, 3.8) is 0 Å². The van der Waals surface area contributed by atoms with E-state index >= 15 is 0 Å². The van der Waals surface area contributed by atoms with Gasteiger partial charge in [0.25, 0.3) is 0 Å². The van der Waals surface area contributed by atoms with Crippen LogP contribution in [0.25, 0.3) is 0 Å². The Morgan fingerprint density at radius 2 is 1.79 bits per heavy atom. The van der Waals surface area contributed by atoms with Gasteiger partial charge in [-0.15, -0.1) is 0 Å². The molecular weight excluding hydrogens is 389 g/mol. The van der Waals surface area contributed by atoms with Crippen molar-refractivity contribution in [1.29, 1.82) is 0 Å². The summed E-state index contributed by atoms with van der Waals surface area (Å²) in [7, 11) is -3.52. The summed E-state index contributed by atoms with van der Waals surface area (Å²) in [4.78, 5) is 2.03. The fourth-order valence-corrected chi connectivity index (χ4v) is 6.54. The highest BCUT2D eigenvalue weighted by Gasteiger charge is 2.40. The molecule has 29 heavy (non-hydrogen) atoms. The molecule has 7 heteroatoms. The minimum atomic E-state index is -3.52. The van der Waals surface area contributed by atoms with Crippen LogP contribution in [0.3, 0.4) is 0 Å². The van der Waals surface area contributed by atoms with E-state index in [1.807, 2.05) is 48.2 Å². The monoisotopic (exact) mass is 417 g/mol. The van der Waals surface area contributed by atoms with Crippen molar-refractivity contribution in [3.8, 4) is 0 Å². The van der Waals surface area contributed by atoms with Gasteiger partial charge in [-0.25, -0.2) is 12.8 Å². The number of sulfonamides is 1. The highest BCUT2D eigenvalue weighted by atomic mass is 32.2. The van der Waals surface area contributed by atoms with E-state index in [1.165, 1.54) is 6.07 Å². The van der Waals surface area contributed by atoms with Crippen LogP contribution in [-0.4, -0.2) is 44.9 Å². The van der Waals surface area contributed by atoms with Crippen LogP contribution in [0, 0.1) is 5.82 Å². The van der Waals surface area contributed by atoms with E-state index in [-0.39, 0.29) is 18.4 Å². The average molecular weight is 418 g/mol. The second kappa shape index (κ2) is 8.42. The number of nitrogens with one attached hydrogen (secondary N) is 1. The van der Waals surface area contributed by atoms with Gasteiger partial charge in [0.1, 0.15) is 11.1 Å². The van der Waals surface area contributed by atoms with E-state index in [4.69, 9.17) is 0 Å². The van der Waals surface area contributed by atoms with Gasteiger partial charge >= 0.3 is 0 Å². The molecule has 2 aliphatic rings. The van der Waals surface area contributed by atoms with Crippen molar-refractivity contribution in [1.82, 2.24) is 9.62 Å². The molecule has 2 atom stereocenters. The number of anilines is 1. The van der Waals surface area contributed by atoms with Gasteiger partial charge in [0.15, 0.2) is 0 Å². The lowest BCUT2D eigenvalue weighted by atomic mass is 10.0. The highest BCUT2D eigenvalue weighted by molar-refractivity contribution is 7.89. The van der Waals surface area contributed by atoms with E-state index in [2.05, 4.69) is 5.32 Å². The smallest absolute Gasteiger partial charge is 0.221 e. The molecule has 2 aromatic carbocycles. The molecule has 156 valence electrons. The Balaban J connectivity index is 1.56. The Hall–Kier alpha value is -1.96. The standard InChI is InChI=1S/C22H28FN3O2S/c1-17-7-10-22(19-5-3-2-4-6-19)29(27,28)26(17)16-18-8-9-21(20(23)15-18)25-13-11-24-12-14-25/h2-6,8-9,15,17,22,24H,7,10-14,16H2,1H3/t17-,22?/m0/s1. The molecule has 0 bridgehead atoms. The molecule has 0 spiro atoms. The molecule has 2 heterocycles. The van der Waals surface area contributed by atoms with E-state index in [0.717, 1.165) is 38.2 Å². The van der Waals surface area contributed by atoms with Crippen LogP contribution >= 0.6 is 0 Å². The molecule has 0 amide bonds. The molecule has 0 saturated carbocycles. The third-order valence-electron chi connectivity index (χ3n) is 6.00. The van der Waals surface area contributed by atoms with E-state index in [9.17, 15) is 12.8 Å². The van der Waals surface area contributed by atoms with Crippen molar-refractivity contribution in [2.24, 2.45) is 0 Å². The first-order valence-electron chi connectivity index (χ1n) is 10.3. The summed E-state index contributed by atoms with van der Waals surface area (Å²) in [5.74, 6) is -0.286. The summed E-state index contributed by atoms with van der Waals surface area (Å²) in [6.45, 7) is 5.35. The lowest BCUT2D eigenvalue weighted by Crippen LogP contribution is -2.45. The van der Waals surface area contributed by atoms with Crippen LogP contribution < -0.4 is 10.2 Å².